The molecule has 2 aromatic carbocycles. The fourth-order valence-corrected chi connectivity index (χ4v) is 3.81. The van der Waals surface area contributed by atoms with Crippen LogP contribution in [0.2, 0.25) is 0 Å². The molecule has 0 saturated carbocycles. The van der Waals surface area contributed by atoms with Crippen molar-refractivity contribution >= 4 is 16.7 Å². The summed E-state index contributed by atoms with van der Waals surface area (Å²) in [6, 6.07) is 18.8. The van der Waals surface area contributed by atoms with Gasteiger partial charge in [-0.15, -0.1) is 0 Å². The van der Waals surface area contributed by atoms with Gasteiger partial charge < -0.3 is 14.5 Å². The average Bonchev–Trinajstić information content (AvgIpc) is 3.16. The van der Waals surface area contributed by atoms with Gasteiger partial charge in [0, 0.05) is 23.1 Å². The van der Waals surface area contributed by atoms with Crippen LogP contribution >= 0.6 is 0 Å². The molecule has 0 spiro atoms. The quantitative estimate of drug-likeness (QED) is 0.624. The predicted octanol–water partition coefficient (Wildman–Crippen LogP) is 3.98. The maximum absolute atomic E-state index is 12.3. The van der Waals surface area contributed by atoms with Gasteiger partial charge in [0.15, 0.2) is 5.76 Å². The molecule has 0 aliphatic rings. The Morgan fingerprint density at radius 1 is 0.964 bits per heavy atom. The van der Waals surface area contributed by atoms with E-state index in [9.17, 15) is 9.00 Å². The highest BCUT2D eigenvalue weighted by atomic mass is 32.2. The van der Waals surface area contributed by atoms with Gasteiger partial charge in [0.05, 0.1) is 12.9 Å². The minimum atomic E-state index is -1.10. The summed E-state index contributed by atoms with van der Waals surface area (Å²) in [7, 11) is 0.508. The molecule has 5 nitrogen and oxygen atoms in total. The van der Waals surface area contributed by atoms with E-state index in [1.807, 2.05) is 55.5 Å². The zero-order valence-corrected chi connectivity index (χ0v) is 16.8. The molecule has 0 aliphatic heterocycles. The average molecular weight is 397 g/mol. The summed E-state index contributed by atoms with van der Waals surface area (Å²) in [6.07, 6.45) is 0. The summed E-state index contributed by atoms with van der Waals surface area (Å²) < 4.78 is 23.0. The van der Waals surface area contributed by atoms with Gasteiger partial charge in [-0.3, -0.25) is 9.00 Å². The number of hydrogen-bond acceptors (Lipinski definition) is 4. The monoisotopic (exact) mass is 397 g/mol. The third-order valence-corrected chi connectivity index (χ3v) is 5.51. The maximum atomic E-state index is 12.3. The third kappa shape index (κ3) is 5.57. The molecule has 146 valence electrons. The second-order valence-electron chi connectivity index (χ2n) is 6.51. The lowest BCUT2D eigenvalue weighted by atomic mass is 10.2. The van der Waals surface area contributed by atoms with E-state index in [0.717, 1.165) is 16.9 Å². The first-order chi connectivity index (χ1) is 13.5. The number of carbonyl (C=O) groups excluding carboxylic acids is 1. The van der Waals surface area contributed by atoms with E-state index in [2.05, 4.69) is 5.32 Å². The van der Waals surface area contributed by atoms with Crippen LogP contribution in [-0.2, 0) is 28.9 Å². The minimum absolute atomic E-state index is 0.218. The second-order valence-corrected chi connectivity index (χ2v) is 7.97. The summed E-state index contributed by atoms with van der Waals surface area (Å²) in [6.45, 7) is 2.41. The highest BCUT2D eigenvalue weighted by molar-refractivity contribution is 7.83. The Hall–Kier alpha value is -2.86. The zero-order chi connectivity index (χ0) is 19.9. The molecule has 1 atom stereocenters. The van der Waals surface area contributed by atoms with Gasteiger partial charge in [0.25, 0.3) is 5.91 Å². The number of amides is 1. The van der Waals surface area contributed by atoms with Crippen molar-refractivity contribution in [2.75, 3.05) is 7.11 Å². The number of carbonyl (C=O) groups is 1. The normalized spacial score (nSPS) is 11.8. The molecule has 28 heavy (non-hydrogen) atoms. The van der Waals surface area contributed by atoms with Crippen LogP contribution in [0.5, 0.6) is 5.75 Å². The molecular weight excluding hydrogens is 374 g/mol. The van der Waals surface area contributed by atoms with Crippen LogP contribution in [-0.4, -0.2) is 17.2 Å². The minimum Gasteiger partial charge on any atom is -0.497 e. The number of aryl methyl sites for hydroxylation is 1. The molecule has 1 amide bonds. The molecule has 6 heteroatoms. The first-order valence-corrected chi connectivity index (χ1v) is 10.4. The smallest absolute Gasteiger partial charge is 0.287 e. The molecular formula is C22H23NO4S. The van der Waals surface area contributed by atoms with Crippen molar-refractivity contribution in [1.82, 2.24) is 5.32 Å². The number of rotatable bonds is 8. The Morgan fingerprint density at radius 2 is 1.64 bits per heavy atom. The number of benzene rings is 2. The topological polar surface area (TPSA) is 68.5 Å². The molecule has 1 heterocycles. The summed E-state index contributed by atoms with van der Waals surface area (Å²) in [5.41, 5.74) is 3.15. The van der Waals surface area contributed by atoms with Gasteiger partial charge in [-0.05, 0) is 42.3 Å². The summed E-state index contributed by atoms with van der Waals surface area (Å²) in [5, 5.41) is 2.82. The Balaban J connectivity index is 1.51. The van der Waals surface area contributed by atoms with E-state index in [0.29, 0.717) is 18.1 Å². The Bertz CT molecular complexity index is 945. The summed E-state index contributed by atoms with van der Waals surface area (Å²) in [4.78, 5) is 12.3. The van der Waals surface area contributed by atoms with E-state index in [1.54, 1.807) is 19.2 Å². The van der Waals surface area contributed by atoms with Gasteiger partial charge in [0.2, 0.25) is 0 Å². The van der Waals surface area contributed by atoms with Gasteiger partial charge in [-0.1, -0.05) is 42.0 Å². The van der Waals surface area contributed by atoms with Crippen LogP contribution in [0.4, 0.5) is 0 Å². The van der Waals surface area contributed by atoms with Crippen LogP contribution in [0, 0.1) is 6.92 Å². The molecule has 3 aromatic rings. The lowest BCUT2D eigenvalue weighted by Gasteiger charge is -2.05. The molecule has 0 fully saturated rings. The van der Waals surface area contributed by atoms with E-state index in [4.69, 9.17) is 9.15 Å². The van der Waals surface area contributed by atoms with Crippen molar-refractivity contribution < 1.29 is 18.2 Å². The largest absolute Gasteiger partial charge is 0.497 e. The van der Waals surface area contributed by atoms with Crippen LogP contribution in [0.15, 0.2) is 65.1 Å². The van der Waals surface area contributed by atoms with E-state index in [-0.39, 0.29) is 17.4 Å². The highest BCUT2D eigenvalue weighted by Gasteiger charge is 2.13. The summed E-state index contributed by atoms with van der Waals surface area (Å²) >= 11 is 0. The van der Waals surface area contributed by atoms with Crippen molar-refractivity contribution in [1.29, 1.82) is 0 Å². The standard InChI is InChI=1S/C22H23NO4S/c1-16-3-5-18(6-4-16)14-28(25)15-20-11-12-21(27-20)22(24)23-13-17-7-9-19(26-2)10-8-17/h3-12H,13-15H2,1-2H3,(H,23,24)/t28-/m1/s1. The molecule has 0 saturated heterocycles. The fourth-order valence-electron chi connectivity index (χ4n) is 2.67. The number of methoxy groups -OCH3 is 1. The number of nitrogens with one attached hydrogen (secondary N) is 1. The lowest BCUT2D eigenvalue weighted by Crippen LogP contribution is -2.22. The fraction of sp³-hybridized carbons (Fsp3) is 0.227. The van der Waals surface area contributed by atoms with Crippen molar-refractivity contribution in [3.05, 3.63) is 88.9 Å². The van der Waals surface area contributed by atoms with Crippen molar-refractivity contribution in [3.8, 4) is 5.75 Å². The predicted molar refractivity (Wildman–Crippen MR) is 110 cm³/mol. The van der Waals surface area contributed by atoms with E-state index < -0.39 is 10.8 Å². The van der Waals surface area contributed by atoms with Crippen LogP contribution in [0.1, 0.15) is 33.0 Å². The number of ether oxygens (including phenoxy) is 1. The van der Waals surface area contributed by atoms with Crippen molar-refractivity contribution in [2.24, 2.45) is 0 Å². The van der Waals surface area contributed by atoms with Gasteiger partial charge in [0.1, 0.15) is 11.5 Å². The van der Waals surface area contributed by atoms with Crippen LogP contribution in [0.3, 0.4) is 0 Å². The van der Waals surface area contributed by atoms with Gasteiger partial charge in [-0.2, -0.15) is 0 Å². The van der Waals surface area contributed by atoms with Gasteiger partial charge in [-0.25, -0.2) is 0 Å². The lowest BCUT2D eigenvalue weighted by molar-refractivity contribution is 0.0921. The first kappa shape index (κ1) is 19.9. The SMILES string of the molecule is COc1ccc(CNC(=O)c2ccc(C[S@](=O)Cc3ccc(C)cc3)o2)cc1. The molecule has 0 radical (unpaired) electrons. The molecule has 1 aromatic heterocycles. The molecule has 1 N–H and O–H groups in total. The van der Waals surface area contributed by atoms with E-state index in [1.165, 1.54) is 5.56 Å². The van der Waals surface area contributed by atoms with Crippen LogP contribution < -0.4 is 10.1 Å². The maximum Gasteiger partial charge on any atom is 0.287 e. The van der Waals surface area contributed by atoms with Crippen molar-refractivity contribution in [2.45, 2.75) is 25.0 Å². The first-order valence-electron chi connectivity index (χ1n) is 8.94. The zero-order valence-electron chi connectivity index (χ0n) is 15.9. The number of hydrogen-bond donors (Lipinski definition) is 1. The highest BCUT2D eigenvalue weighted by Crippen LogP contribution is 2.14. The number of furan rings is 1. The molecule has 3 rings (SSSR count). The Kier molecular flexibility index (Phi) is 6.66. The molecule has 0 bridgehead atoms. The second kappa shape index (κ2) is 9.37. The Morgan fingerprint density at radius 3 is 2.32 bits per heavy atom. The van der Waals surface area contributed by atoms with E-state index >= 15 is 0 Å². The third-order valence-electron chi connectivity index (χ3n) is 4.25. The Labute approximate surface area is 167 Å². The van der Waals surface area contributed by atoms with Crippen molar-refractivity contribution in [3.63, 3.8) is 0 Å². The molecule has 0 aliphatic carbocycles. The van der Waals surface area contributed by atoms with Crippen LogP contribution in [0.25, 0.3) is 0 Å². The summed E-state index contributed by atoms with van der Waals surface area (Å²) in [5.74, 6) is 1.96. The molecule has 0 unspecified atom stereocenters. The van der Waals surface area contributed by atoms with Gasteiger partial charge >= 0.3 is 0 Å².